The van der Waals surface area contributed by atoms with Gasteiger partial charge < -0.3 is 5.32 Å². The van der Waals surface area contributed by atoms with Crippen molar-refractivity contribution in [1.82, 2.24) is 9.78 Å². The highest BCUT2D eigenvalue weighted by Gasteiger charge is 2.34. The fourth-order valence-corrected chi connectivity index (χ4v) is 3.75. The normalized spacial score (nSPS) is 14.0. The number of hydrogen-bond donors (Lipinski definition) is 1. The summed E-state index contributed by atoms with van der Waals surface area (Å²) in [5, 5.41) is 18.4. The number of anilines is 1. The first kappa shape index (κ1) is 20.2. The number of nitro groups is 1. The highest BCUT2D eigenvalue weighted by Crippen LogP contribution is 2.40. The first-order valence-corrected chi connectivity index (χ1v) is 9.61. The lowest BCUT2D eigenvalue weighted by molar-refractivity contribution is -0.384. The maximum Gasteiger partial charge on any atom is 0.417 e. The van der Waals surface area contributed by atoms with Crippen LogP contribution in [0.1, 0.15) is 24.0 Å². The second-order valence-corrected chi connectivity index (χ2v) is 7.34. The molecule has 1 aliphatic heterocycles. The maximum absolute atomic E-state index is 13.3. The average molecular weight is 437 g/mol. The molecule has 0 saturated heterocycles. The predicted octanol–water partition coefficient (Wildman–Crippen LogP) is 5.87. The molecule has 0 amide bonds. The molecule has 0 saturated carbocycles. The number of nitrogens with zero attached hydrogens (tertiary/aromatic N) is 3. The van der Waals surface area contributed by atoms with Crippen molar-refractivity contribution in [2.45, 2.75) is 25.4 Å². The molecule has 4 rings (SSSR count). The third kappa shape index (κ3) is 3.72. The summed E-state index contributed by atoms with van der Waals surface area (Å²) in [5.74, 6) is 0.680. The Kier molecular flexibility index (Phi) is 5.15. The molecule has 0 unspecified atom stereocenters. The van der Waals surface area contributed by atoms with Gasteiger partial charge >= 0.3 is 6.18 Å². The van der Waals surface area contributed by atoms with Crippen molar-refractivity contribution in [2.24, 2.45) is 0 Å². The van der Waals surface area contributed by atoms with Crippen molar-refractivity contribution in [3.8, 4) is 16.9 Å². The summed E-state index contributed by atoms with van der Waals surface area (Å²) in [4.78, 5) is 10.4. The van der Waals surface area contributed by atoms with Gasteiger partial charge in [0.15, 0.2) is 0 Å². The molecule has 2 heterocycles. The topological polar surface area (TPSA) is 73.0 Å². The Bertz CT molecular complexity index is 1110. The van der Waals surface area contributed by atoms with Crippen LogP contribution in [-0.2, 0) is 12.6 Å². The fraction of sp³-hybridized carbons (Fsp3) is 0.250. The van der Waals surface area contributed by atoms with Crippen LogP contribution in [0.15, 0.2) is 42.5 Å². The summed E-state index contributed by atoms with van der Waals surface area (Å²) in [6.07, 6.45) is -2.17. The van der Waals surface area contributed by atoms with Crippen LogP contribution in [0.2, 0.25) is 5.02 Å². The molecule has 0 radical (unpaired) electrons. The number of nitrogens with one attached hydrogen (secondary N) is 1. The minimum Gasteiger partial charge on any atom is -0.370 e. The second kappa shape index (κ2) is 7.64. The summed E-state index contributed by atoms with van der Waals surface area (Å²) < 4.78 is 41.6. The van der Waals surface area contributed by atoms with Crippen LogP contribution in [-0.4, -0.2) is 21.2 Å². The zero-order chi connectivity index (χ0) is 21.5. The van der Waals surface area contributed by atoms with Gasteiger partial charge in [-0.15, -0.1) is 0 Å². The smallest absolute Gasteiger partial charge is 0.370 e. The fourth-order valence-electron chi connectivity index (χ4n) is 3.53. The molecule has 30 heavy (non-hydrogen) atoms. The van der Waals surface area contributed by atoms with E-state index in [1.807, 2.05) is 0 Å². The molecule has 1 N–H and O–H groups in total. The van der Waals surface area contributed by atoms with Gasteiger partial charge in [-0.1, -0.05) is 17.7 Å². The van der Waals surface area contributed by atoms with Crippen molar-refractivity contribution in [2.75, 3.05) is 11.9 Å². The highest BCUT2D eigenvalue weighted by atomic mass is 35.5. The van der Waals surface area contributed by atoms with Gasteiger partial charge in [-0.25, -0.2) is 4.68 Å². The molecular formula is C20H16ClF3N4O2. The standard InChI is InChI=1S/C20H16ClF3N4O2/c21-17-9-4-12(11-16(17)20(22,23)24)18-15-3-1-2-10-25-19(15)27(26-18)13-5-7-14(8-6-13)28(29)30/h4-9,11,25H,1-3,10H2. The summed E-state index contributed by atoms with van der Waals surface area (Å²) in [6.45, 7) is 0.694. The van der Waals surface area contributed by atoms with Crippen LogP contribution >= 0.6 is 11.6 Å². The van der Waals surface area contributed by atoms with Crippen molar-refractivity contribution < 1.29 is 18.1 Å². The van der Waals surface area contributed by atoms with Crippen LogP contribution in [0.5, 0.6) is 0 Å². The molecule has 0 spiro atoms. The first-order valence-electron chi connectivity index (χ1n) is 9.23. The summed E-state index contributed by atoms with van der Waals surface area (Å²) >= 11 is 5.77. The van der Waals surface area contributed by atoms with E-state index < -0.39 is 16.7 Å². The summed E-state index contributed by atoms with van der Waals surface area (Å²) in [6, 6.07) is 9.60. The third-order valence-corrected chi connectivity index (χ3v) is 5.31. The van der Waals surface area contributed by atoms with Crippen molar-refractivity contribution in [3.05, 3.63) is 68.7 Å². The Balaban J connectivity index is 1.87. The van der Waals surface area contributed by atoms with Gasteiger partial charge in [-0.05, 0) is 43.5 Å². The molecule has 0 fully saturated rings. The molecule has 3 aromatic rings. The Morgan fingerprint density at radius 2 is 1.87 bits per heavy atom. The van der Waals surface area contributed by atoms with E-state index in [2.05, 4.69) is 10.4 Å². The molecule has 10 heteroatoms. The van der Waals surface area contributed by atoms with Gasteiger partial charge in [-0.3, -0.25) is 10.1 Å². The largest absolute Gasteiger partial charge is 0.417 e. The molecular weight excluding hydrogens is 421 g/mol. The van der Waals surface area contributed by atoms with E-state index in [9.17, 15) is 23.3 Å². The van der Waals surface area contributed by atoms with Crippen molar-refractivity contribution in [1.29, 1.82) is 0 Å². The predicted molar refractivity (Wildman–Crippen MR) is 107 cm³/mol. The Labute approximate surface area is 174 Å². The molecule has 156 valence electrons. The molecule has 0 bridgehead atoms. The number of fused-ring (bicyclic) bond motifs is 1. The van der Waals surface area contributed by atoms with E-state index in [1.54, 1.807) is 16.8 Å². The van der Waals surface area contributed by atoms with Gasteiger partial charge in [0.05, 0.1) is 26.9 Å². The van der Waals surface area contributed by atoms with E-state index >= 15 is 0 Å². The van der Waals surface area contributed by atoms with E-state index in [0.29, 0.717) is 35.7 Å². The highest BCUT2D eigenvalue weighted by molar-refractivity contribution is 6.31. The van der Waals surface area contributed by atoms with Gasteiger partial charge in [0.2, 0.25) is 0 Å². The van der Waals surface area contributed by atoms with Crippen LogP contribution < -0.4 is 5.32 Å². The van der Waals surface area contributed by atoms with E-state index in [4.69, 9.17) is 11.6 Å². The minimum absolute atomic E-state index is 0.0577. The average Bonchev–Trinajstić information content (AvgIpc) is 2.89. The third-order valence-electron chi connectivity index (χ3n) is 4.98. The van der Waals surface area contributed by atoms with Crippen LogP contribution in [0, 0.1) is 10.1 Å². The Morgan fingerprint density at radius 1 is 1.13 bits per heavy atom. The van der Waals surface area contributed by atoms with Crippen LogP contribution in [0.4, 0.5) is 24.7 Å². The Morgan fingerprint density at radius 3 is 2.53 bits per heavy atom. The number of aromatic nitrogens is 2. The molecule has 6 nitrogen and oxygen atoms in total. The number of non-ortho nitro benzene ring substituents is 1. The second-order valence-electron chi connectivity index (χ2n) is 6.94. The zero-order valence-electron chi connectivity index (χ0n) is 15.5. The monoisotopic (exact) mass is 436 g/mol. The van der Waals surface area contributed by atoms with Crippen molar-refractivity contribution >= 4 is 23.1 Å². The summed E-state index contributed by atoms with van der Waals surface area (Å²) in [7, 11) is 0. The lowest BCUT2D eigenvalue weighted by Gasteiger charge is -2.10. The van der Waals surface area contributed by atoms with Crippen LogP contribution in [0.3, 0.4) is 0 Å². The SMILES string of the molecule is O=[N+]([O-])c1ccc(-n2nc(-c3ccc(Cl)c(C(F)(F)F)c3)c3c2NCCCC3)cc1. The number of halogens is 4. The lowest BCUT2D eigenvalue weighted by Crippen LogP contribution is -2.07. The zero-order valence-corrected chi connectivity index (χ0v) is 16.3. The number of benzene rings is 2. The van der Waals surface area contributed by atoms with Gasteiger partial charge in [0.1, 0.15) is 5.82 Å². The summed E-state index contributed by atoms with van der Waals surface area (Å²) in [5.41, 5.74) is 1.15. The number of hydrogen-bond acceptors (Lipinski definition) is 4. The molecule has 1 aromatic heterocycles. The van der Waals surface area contributed by atoms with E-state index in [1.165, 1.54) is 24.3 Å². The van der Waals surface area contributed by atoms with Crippen molar-refractivity contribution in [3.63, 3.8) is 0 Å². The molecule has 1 aliphatic rings. The number of rotatable bonds is 3. The maximum atomic E-state index is 13.3. The number of nitro benzene ring substituents is 1. The van der Waals surface area contributed by atoms with E-state index in [-0.39, 0.29) is 10.7 Å². The molecule has 2 aromatic carbocycles. The quantitative estimate of drug-likeness (QED) is 0.412. The Hall–Kier alpha value is -3.07. The van der Waals surface area contributed by atoms with Crippen LogP contribution in [0.25, 0.3) is 16.9 Å². The molecule has 0 aliphatic carbocycles. The first-order chi connectivity index (χ1) is 14.3. The molecule has 0 atom stereocenters. The van der Waals surface area contributed by atoms with E-state index in [0.717, 1.165) is 24.5 Å². The van der Waals surface area contributed by atoms with Gasteiger partial charge in [0.25, 0.3) is 5.69 Å². The number of alkyl halides is 3. The minimum atomic E-state index is -4.58. The lowest BCUT2D eigenvalue weighted by atomic mass is 10.0. The van der Waals surface area contributed by atoms with Gasteiger partial charge in [-0.2, -0.15) is 18.3 Å². The van der Waals surface area contributed by atoms with Gasteiger partial charge in [0, 0.05) is 29.8 Å².